The molecule has 3 rings (SSSR count). The van der Waals surface area contributed by atoms with E-state index in [1.165, 1.54) is 10.1 Å². The van der Waals surface area contributed by atoms with E-state index in [0.29, 0.717) is 11.9 Å². The van der Waals surface area contributed by atoms with Crippen LogP contribution in [0.3, 0.4) is 0 Å². The maximum atomic E-state index is 5.65. The fourth-order valence-corrected chi connectivity index (χ4v) is 2.85. The summed E-state index contributed by atoms with van der Waals surface area (Å²) >= 11 is 1.73. The Bertz CT molecular complexity index is 721. The minimum absolute atomic E-state index is 0.0624. The number of anilines is 2. The fraction of sp³-hybridized carbons (Fsp3) is 0.333. The van der Waals surface area contributed by atoms with E-state index in [2.05, 4.69) is 51.3 Å². The van der Waals surface area contributed by atoms with Crippen molar-refractivity contribution in [1.29, 1.82) is 0 Å². The predicted molar refractivity (Wildman–Crippen MR) is 86.1 cm³/mol. The van der Waals surface area contributed by atoms with Gasteiger partial charge in [0.1, 0.15) is 0 Å². The third-order valence-corrected chi connectivity index (χ3v) is 4.11. The molecule has 5 nitrogen and oxygen atoms in total. The molecule has 1 aromatic carbocycles. The number of nitrogens with one attached hydrogen (secondary N) is 2. The quantitative estimate of drug-likeness (QED) is 0.718. The summed E-state index contributed by atoms with van der Waals surface area (Å²) in [5, 5.41) is 17.9. The van der Waals surface area contributed by atoms with E-state index in [1.54, 1.807) is 11.3 Å². The molecule has 1 unspecified atom stereocenters. The van der Waals surface area contributed by atoms with Crippen LogP contribution in [0.2, 0.25) is 0 Å². The number of hydrogen-bond acceptors (Lipinski definition) is 6. The summed E-state index contributed by atoms with van der Waals surface area (Å²) in [5.74, 6) is 0.600. The molecule has 0 bridgehead atoms. The van der Waals surface area contributed by atoms with Gasteiger partial charge in [-0.3, -0.25) is 0 Å². The molecule has 1 atom stereocenters. The highest BCUT2D eigenvalue weighted by molar-refractivity contribution is 7.17. The van der Waals surface area contributed by atoms with Crippen LogP contribution in [0.5, 0.6) is 0 Å². The number of rotatable bonds is 6. The van der Waals surface area contributed by atoms with E-state index in [1.807, 2.05) is 13.0 Å². The molecular weight excluding hydrogens is 284 g/mol. The summed E-state index contributed by atoms with van der Waals surface area (Å²) in [6.07, 6.45) is 1.07. The Balaban J connectivity index is 1.71. The topological polar surface area (TPSA) is 63.0 Å². The molecule has 2 heterocycles. The average Bonchev–Trinajstić information content (AvgIpc) is 3.13. The molecule has 0 saturated heterocycles. The summed E-state index contributed by atoms with van der Waals surface area (Å²) in [5.41, 5.74) is 0.949. The Kier molecular flexibility index (Phi) is 4.17. The molecule has 110 valence electrons. The standard InChI is InChI=1S/C15H18N4OS/c1-3-7-16-10(2)14-18-19-15(20-14)17-12-4-5-13-11(9-12)6-8-21-13/h4-6,8-10,16H,3,7H2,1-2H3,(H,17,19). The molecule has 0 aliphatic rings. The van der Waals surface area contributed by atoms with Crippen molar-refractivity contribution in [2.24, 2.45) is 0 Å². The minimum atomic E-state index is 0.0624. The molecule has 3 aromatic rings. The lowest BCUT2D eigenvalue weighted by Crippen LogP contribution is -2.19. The van der Waals surface area contributed by atoms with E-state index >= 15 is 0 Å². The molecule has 0 aliphatic heterocycles. The number of hydrogen-bond donors (Lipinski definition) is 2. The van der Waals surface area contributed by atoms with E-state index in [0.717, 1.165) is 18.7 Å². The molecule has 0 amide bonds. The largest absolute Gasteiger partial charge is 0.406 e. The van der Waals surface area contributed by atoms with Crippen molar-refractivity contribution < 1.29 is 4.42 Å². The van der Waals surface area contributed by atoms with Gasteiger partial charge in [-0.05, 0) is 54.9 Å². The van der Waals surface area contributed by atoms with E-state index < -0.39 is 0 Å². The summed E-state index contributed by atoms with van der Waals surface area (Å²) in [6, 6.07) is 8.76. The van der Waals surface area contributed by atoms with Crippen molar-refractivity contribution in [1.82, 2.24) is 15.5 Å². The van der Waals surface area contributed by atoms with Gasteiger partial charge in [-0.2, -0.15) is 0 Å². The second-order valence-corrected chi connectivity index (χ2v) is 5.87. The van der Waals surface area contributed by atoms with Gasteiger partial charge in [0.05, 0.1) is 6.04 Å². The molecule has 6 heteroatoms. The van der Waals surface area contributed by atoms with Crippen molar-refractivity contribution in [2.45, 2.75) is 26.3 Å². The number of aromatic nitrogens is 2. The molecule has 0 fully saturated rings. The molecule has 0 spiro atoms. The second-order valence-electron chi connectivity index (χ2n) is 4.92. The van der Waals surface area contributed by atoms with E-state index in [9.17, 15) is 0 Å². The lowest BCUT2D eigenvalue weighted by atomic mass is 10.2. The maximum Gasteiger partial charge on any atom is 0.320 e. The van der Waals surface area contributed by atoms with Crippen LogP contribution >= 0.6 is 11.3 Å². The molecule has 0 saturated carbocycles. The zero-order valence-corrected chi connectivity index (χ0v) is 12.9. The fourth-order valence-electron chi connectivity index (χ4n) is 2.08. The Morgan fingerprint density at radius 1 is 1.29 bits per heavy atom. The SMILES string of the molecule is CCCNC(C)c1nnc(Nc2ccc3sccc3c2)o1. The molecular formula is C15H18N4OS. The average molecular weight is 302 g/mol. The van der Waals surface area contributed by atoms with Crippen molar-refractivity contribution in [3.63, 3.8) is 0 Å². The van der Waals surface area contributed by atoms with Gasteiger partial charge in [-0.15, -0.1) is 16.4 Å². The predicted octanol–water partition coefficient (Wildman–Crippen LogP) is 4.09. The van der Waals surface area contributed by atoms with Crippen LogP contribution in [0.4, 0.5) is 11.7 Å². The van der Waals surface area contributed by atoms with Crippen LogP contribution in [0.25, 0.3) is 10.1 Å². The van der Waals surface area contributed by atoms with Gasteiger partial charge >= 0.3 is 6.01 Å². The lowest BCUT2D eigenvalue weighted by molar-refractivity contribution is 0.424. The molecule has 21 heavy (non-hydrogen) atoms. The maximum absolute atomic E-state index is 5.65. The van der Waals surface area contributed by atoms with Crippen LogP contribution in [-0.2, 0) is 0 Å². The first-order valence-electron chi connectivity index (χ1n) is 7.07. The van der Waals surface area contributed by atoms with Gasteiger partial charge in [0.15, 0.2) is 0 Å². The highest BCUT2D eigenvalue weighted by atomic mass is 32.1. The number of fused-ring (bicyclic) bond motifs is 1. The van der Waals surface area contributed by atoms with Gasteiger partial charge in [0.25, 0.3) is 0 Å². The zero-order chi connectivity index (χ0) is 14.7. The smallest absolute Gasteiger partial charge is 0.320 e. The van der Waals surface area contributed by atoms with Gasteiger partial charge in [-0.25, -0.2) is 0 Å². The van der Waals surface area contributed by atoms with Crippen molar-refractivity contribution in [2.75, 3.05) is 11.9 Å². The monoisotopic (exact) mass is 302 g/mol. The van der Waals surface area contributed by atoms with Crippen molar-refractivity contribution in [3.8, 4) is 0 Å². The Morgan fingerprint density at radius 3 is 3.05 bits per heavy atom. The highest BCUT2D eigenvalue weighted by Gasteiger charge is 2.13. The normalized spacial score (nSPS) is 12.7. The van der Waals surface area contributed by atoms with Crippen LogP contribution < -0.4 is 10.6 Å². The minimum Gasteiger partial charge on any atom is -0.406 e. The van der Waals surface area contributed by atoms with Crippen molar-refractivity contribution >= 4 is 33.1 Å². The highest BCUT2D eigenvalue weighted by Crippen LogP contribution is 2.26. The summed E-state index contributed by atoms with van der Waals surface area (Å²) in [6.45, 7) is 5.08. The van der Waals surface area contributed by atoms with Crippen LogP contribution in [0.1, 0.15) is 32.2 Å². The van der Waals surface area contributed by atoms with Gasteiger partial charge < -0.3 is 15.1 Å². The van der Waals surface area contributed by atoms with Gasteiger partial charge in [-0.1, -0.05) is 12.0 Å². The Labute approximate surface area is 127 Å². The Morgan fingerprint density at radius 2 is 2.19 bits per heavy atom. The number of benzene rings is 1. The van der Waals surface area contributed by atoms with Crippen molar-refractivity contribution in [3.05, 3.63) is 35.5 Å². The van der Waals surface area contributed by atoms with Crippen LogP contribution in [-0.4, -0.2) is 16.7 Å². The molecule has 0 radical (unpaired) electrons. The first-order chi connectivity index (χ1) is 10.3. The second kappa shape index (κ2) is 6.24. The van der Waals surface area contributed by atoms with Gasteiger partial charge in [0, 0.05) is 10.4 Å². The summed E-state index contributed by atoms with van der Waals surface area (Å²) < 4.78 is 6.91. The molecule has 2 aromatic heterocycles. The molecule has 2 N–H and O–H groups in total. The summed E-state index contributed by atoms with van der Waals surface area (Å²) in [4.78, 5) is 0. The summed E-state index contributed by atoms with van der Waals surface area (Å²) in [7, 11) is 0. The first-order valence-corrected chi connectivity index (χ1v) is 7.95. The Hall–Kier alpha value is -1.92. The zero-order valence-electron chi connectivity index (χ0n) is 12.1. The van der Waals surface area contributed by atoms with E-state index in [4.69, 9.17) is 4.42 Å². The third-order valence-electron chi connectivity index (χ3n) is 3.22. The van der Waals surface area contributed by atoms with Crippen LogP contribution in [0, 0.1) is 0 Å². The van der Waals surface area contributed by atoms with Crippen LogP contribution in [0.15, 0.2) is 34.1 Å². The van der Waals surface area contributed by atoms with E-state index in [-0.39, 0.29) is 6.04 Å². The third kappa shape index (κ3) is 3.22. The lowest BCUT2D eigenvalue weighted by Gasteiger charge is -2.07. The first kappa shape index (κ1) is 14.0. The molecule has 0 aliphatic carbocycles. The number of thiophene rings is 1. The van der Waals surface area contributed by atoms with Gasteiger partial charge in [0.2, 0.25) is 5.89 Å². The number of nitrogens with zero attached hydrogens (tertiary/aromatic N) is 2.